The van der Waals surface area contributed by atoms with Crippen molar-refractivity contribution in [1.82, 2.24) is 0 Å². The fraction of sp³-hybridized carbons (Fsp3) is 0.955. The van der Waals surface area contributed by atoms with Crippen LogP contribution in [0.15, 0.2) is 0 Å². The Hall–Kier alpha value is 0.550. The Kier molecular flexibility index (Phi) is 38.8. The molecule has 0 aliphatic carbocycles. The molecule has 0 radical (unpaired) electrons. The Morgan fingerprint density at radius 2 is 0.946 bits per heavy atom. The number of nitrogens with zero attached hydrogens (tertiary/aromatic N) is 1. The number of ether oxygens (including phenoxy) is 2. The van der Waals surface area contributed by atoms with E-state index in [-0.39, 0.29) is 30.3 Å². The second-order valence-corrected chi connectivity index (χ2v) is 21.8. The SMILES string of the molecule is CCCCCCCCCCCCCCC(SCC)C(=S)OC[C@H](COP(=O)(O)OCC[N+](C)(C)C)OC(=S)C(CCCCCCCCCCCCCC)SCC. The maximum absolute atomic E-state index is 12.8. The summed E-state index contributed by atoms with van der Waals surface area (Å²) in [6.07, 6.45) is 32.8. The van der Waals surface area contributed by atoms with Gasteiger partial charge in [-0.15, -0.1) is 23.5 Å². The molecule has 0 spiro atoms. The number of hydrogen-bond acceptors (Lipinski definition) is 9. The van der Waals surface area contributed by atoms with Crippen LogP contribution in [0, 0.1) is 0 Å². The minimum atomic E-state index is -4.30. The highest BCUT2D eigenvalue weighted by Gasteiger charge is 2.28. The van der Waals surface area contributed by atoms with Crippen LogP contribution in [-0.4, -0.2) is 95.1 Å². The van der Waals surface area contributed by atoms with Crippen molar-refractivity contribution in [2.24, 2.45) is 0 Å². The third-order valence-electron chi connectivity index (χ3n) is 10.0. The van der Waals surface area contributed by atoms with E-state index in [0.717, 1.165) is 37.2 Å². The van der Waals surface area contributed by atoms with Crippen LogP contribution in [0.25, 0.3) is 0 Å². The molecule has 0 aromatic rings. The highest BCUT2D eigenvalue weighted by atomic mass is 32.2. The molecular weight excluding hydrogens is 798 g/mol. The third kappa shape index (κ3) is 36.4. The zero-order valence-electron chi connectivity index (χ0n) is 37.4. The minimum Gasteiger partial charge on any atom is -0.482 e. The molecule has 0 rings (SSSR count). The molecule has 12 heteroatoms. The molecule has 0 fully saturated rings. The molecule has 56 heavy (non-hydrogen) atoms. The monoisotopic (exact) mass is 887 g/mol. The van der Waals surface area contributed by atoms with E-state index in [0.29, 0.717) is 21.1 Å². The number of phosphoric acid groups is 1. The van der Waals surface area contributed by atoms with Crippen LogP contribution in [0.4, 0.5) is 0 Å². The van der Waals surface area contributed by atoms with E-state index < -0.39 is 13.9 Å². The molecule has 0 aliphatic heterocycles. The largest absolute Gasteiger partial charge is 0.482 e. The highest BCUT2D eigenvalue weighted by Crippen LogP contribution is 2.43. The van der Waals surface area contributed by atoms with Gasteiger partial charge in [-0.2, -0.15) is 0 Å². The summed E-state index contributed by atoms with van der Waals surface area (Å²) in [5.74, 6) is 1.88. The van der Waals surface area contributed by atoms with Gasteiger partial charge in [-0.05, 0) is 48.8 Å². The van der Waals surface area contributed by atoms with Crippen LogP contribution in [0.2, 0.25) is 0 Å². The topological polar surface area (TPSA) is 74.2 Å². The second-order valence-electron chi connectivity index (χ2n) is 16.5. The first kappa shape index (κ1) is 56.5. The summed E-state index contributed by atoms with van der Waals surface area (Å²) in [7, 11) is 1.70. The summed E-state index contributed by atoms with van der Waals surface area (Å²) in [5, 5.41) is 1.23. The maximum Gasteiger partial charge on any atom is 0.472 e. The lowest BCUT2D eigenvalue weighted by Gasteiger charge is -2.26. The second kappa shape index (κ2) is 38.5. The van der Waals surface area contributed by atoms with Crippen molar-refractivity contribution >= 4 is 65.9 Å². The molecule has 0 amide bonds. The van der Waals surface area contributed by atoms with Gasteiger partial charge < -0.3 is 18.9 Å². The van der Waals surface area contributed by atoms with Gasteiger partial charge in [-0.3, -0.25) is 9.05 Å². The van der Waals surface area contributed by atoms with E-state index in [9.17, 15) is 9.46 Å². The van der Waals surface area contributed by atoms with Gasteiger partial charge >= 0.3 is 7.82 Å². The summed E-state index contributed by atoms with van der Waals surface area (Å²) < 4.78 is 36.8. The molecule has 7 nitrogen and oxygen atoms in total. The van der Waals surface area contributed by atoms with Gasteiger partial charge in [0.05, 0.1) is 38.2 Å². The molecule has 0 aromatic heterocycles. The van der Waals surface area contributed by atoms with Crippen molar-refractivity contribution in [1.29, 1.82) is 0 Å². The number of rotatable bonds is 42. The summed E-state index contributed by atoms with van der Waals surface area (Å²) in [6.45, 7) is 9.42. The van der Waals surface area contributed by atoms with Crippen LogP contribution in [0.3, 0.4) is 0 Å². The van der Waals surface area contributed by atoms with Crippen molar-refractivity contribution in [2.45, 2.75) is 211 Å². The van der Waals surface area contributed by atoms with Gasteiger partial charge in [0, 0.05) is 0 Å². The zero-order valence-corrected chi connectivity index (χ0v) is 41.5. The number of hydrogen-bond donors (Lipinski definition) is 1. The Morgan fingerprint density at radius 1 is 0.571 bits per heavy atom. The average Bonchev–Trinajstić information content (AvgIpc) is 3.15. The van der Waals surface area contributed by atoms with Gasteiger partial charge in [0.2, 0.25) is 0 Å². The lowest BCUT2D eigenvalue weighted by atomic mass is 10.0. The fourth-order valence-corrected chi connectivity index (χ4v) is 10.0. The number of quaternary nitrogens is 1. The Bertz CT molecular complexity index is 972. The average molecular weight is 887 g/mol. The van der Waals surface area contributed by atoms with Gasteiger partial charge in [0.1, 0.15) is 19.8 Å². The van der Waals surface area contributed by atoms with Gasteiger partial charge in [0.15, 0.2) is 16.2 Å². The van der Waals surface area contributed by atoms with Crippen LogP contribution >= 0.6 is 55.8 Å². The molecule has 0 aliphatic rings. The van der Waals surface area contributed by atoms with E-state index in [1.807, 2.05) is 32.9 Å². The summed E-state index contributed by atoms with van der Waals surface area (Å²) in [5.41, 5.74) is 0. The molecule has 0 heterocycles. The molecule has 1 N–H and O–H groups in total. The standard InChI is InChI=1S/C44H88NO6PS4/c1-8-12-14-16-18-20-22-24-26-28-30-32-34-41(55-10-3)43(53)48-38-40(39-50-52(46,47)49-37-36-45(5,6)7)51-44(54)42(56-11-4)35-33-31-29-27-25-23-21-19-17-15-13-9-2/h40-42H,8-39H2,1-7H3/p+1/t40-,41?,42?/m1/s1. The Balaban J connectivity index is 5.05. The van der Waals surface area contributed by atoms with E-state index >= 15 is 0 Å². The van der Waals surface area contributed by atoms with Gasteiger partial charge in [-0.1, -0.05) is 182 Å². The van der Waals surface area contributed by atoms with E-state index in [1.54, 1.807) is 11.8 Å². The predicted molar refractivity (Wildman–Crippen MR) is 256 cm³/mol. The normalized spacial score (nSPS) is 14.6. The first-order valence-corrected chi connectivity index (χ1v) is 27.3. The van der Waals surface area contributed by atoms with Crippen molar-refractivity contribution < 1.29 is 32.5 Å². The lowest BCUT2D eigenvalue weighted by Crippen LogP contribution is -2.37. The Labute approximate surface area is 366 Å². The number of phosphoric ester groups is 1. The van der Waals surface area contributed by atoms with Crippen molar-refractivity contribution in [3.63, 3.8) is 0 Å². The van der Waals surface area contributed by atoms with E-state index in [2.05, 4.69) is 27.7 Å². The summed E-state index contributed by atoms with van der Waals surface area (Å²) in [6, 6.07) is 0. The Morgan fingerprint density at radius 3 is 1.32 bits per heavy atom. The number of thiocarbonyl (C=S) groups is 2. The van der Waals surface area contributed by atoms with E-state index in [4.69, 9.17) is 43.0 Å². The first-order chi connectivity index (χ1) is 26.9. The minimum absolute atomic E-state index is 0.0588. The summed E-state index contributed by atoms with van der Waals surface area (Å²) >= 11 is 15.3. The third-order valence-corrected chi connectivity index (χ3v) is 14.5. The molecule has 4 atom stereocenters. The molecule has 3 unspecified atom stereocenters. The lowest BCUT2D eigenvalue weighted by molar-refractivity contribution is -0.870. The van der Waals surface area contributed by atoms with Crippen molar-refractivity contribution in [3.8, 4) is 0 Å². The number of likely N-dealkylation sites (N-methyl/N-ethyl adjacent to an activating group) is 1. The van der Waals surface area contributed by atoms with Crippen LogP contribution < -0.4 is 0 Å². The van der Waals surface area contributed by atoms with Gasteiger partial charge in [0.25, 0.3) is 0 Å². The van der Waals surface area contributed by atoms with Crippen LogP contribution in [0.1, 0.15) is 195 Å². The smallest absolute Gasteiger partial charge is 0.472 e. The molecule has 334 valence electrons. The zero-order chi connectivity index (χ0) is 41.8. The fourth-order valence-electron chi connectivity index (χ4n) is 6.55. The molecule has 0 saturated heterocycles. The quantitative estimate of drug-likeness (QED) is 0.0277. The molecule has 0 bridgehead atoms. The predicted octanol–water partition coefficient (Wildman–Crippen LogP) is 14.3. The molecule has 0 saturated carbocycles. The van der Waals surface area contributed by atoms with Crippen molar-refractivity contribution in [3.05, 3.63) is 0 Å². The van der Waals surface area contributed by atoms with E-state index in [1.165, 1.54) is 141 Å². The van der Waals surface area contributed by atoms with Gasteiger partial charge in [-0.25, -0.2) is 4.57 Å². The molecule has 0 aromatic carbocycles. The first-order valence-electron chi connectivity index (χ1n) is 22.9. The summed E-state index contributed by atoms with van der Waals surface area (Å²) in [4.78, 5) is 10.5. The van der Waals surface area contributed by atoms with Crippen LogP contribution in [0.5, 0.6) is 0 Å². The number of unbranched alkanes of at least 4 members (excludes halogenated alkanes) is 22. The maximum atomic E-state index is 12.8. The highest BCUT2D eigenvalue weighted by molar-refractivity contribution is 8.02. The van der Waals surface area contributed by atoms with Crippen molar-refractivity contribution in [2.75, 3.05) is 59.0 Å². The van der Waals surface area contributed by atoms with Crippen LogP contribution in [-0.2, 0) is 23.1 Å². The molecular formula is C44H89NO6PS4+. The number of thioether (sulfide) groups is 2.